The summed E-state index contributed by atoms with van der Waals surface area (Å²) < 4.78 is 7.14. The number of benzene rings is 2. The lowest BCUT2D eigenvalue weighted by Gasteiger charge is -2.18. The molecule has 1 aliphatic carbocycles. The van der Waals surface area contributed by atoms with E-state index in [9.17, 15) is 10.0 Å². The zero-order chi connectivity index (χ0) is 20.5. The van der Waals surface area contributed by atoms with Gasteiger partial charge in [0.1, 0.15) is 28.7 Å². The van der Waals surface area contributed by atoms with E-state index in [1.165, 1.54) is 0 Å². The molecular formula is C22H20ClN3O3. The van der Waals surface area contributed by atoms with E-state index in [0.29, 0.717) is 51.4 Å². The second-order valence-electron chi connectivity index (χ2n) is 6.81. The van der Waals surface area contributed by atoms with Crippen molar-refractivity contribution in [3.05, 3.63) is 70.0 Å². The molecule has 2 aromatic carbocycles. The number of fused-ring (bicyclic) bond motifs is 2. The lowest BCUT2D eigenvalue weighted by molar-refractivity contribution is 0.102. The van der Waals surface area contributed by atoms with Crippen molar-refractivity contribution < 1.29 is 14.7 Å². The molecule has 7 heteroatoms. The van der Waals surface area contributed by atoms with E-state index in [2.05, 4.69) is 12.1 Å². The number of hydrogen-bond donors (Lipinski definition) is 1. The van der Waals surface area contributed by atoms with Gasteiger partial charge < -0.3 is 14.5 Å². The molecule has 148 valence electrons. The second-order valence-corrected chi connectivity index (χ2v) is 7.22. The van der Waals surface area contributed by atoms with Crippen LogP contribution in [0.4, 0.5) is 0 Å². The van der Waals surface area contributed by atoms with Crippen molar-refractivity contribution >= 4 is 23.1 Å². The highest BCUT2D eigenvalue weighted by Crippen LogP contribution is 2.34. The Balaban J connectivity index is 1.96. The summed E-state index contributed by atoms with van der Waals surface area (Å²) in [6.07, 6.45) is 1.84. The monoisotopic (exact) mass is 409 g/mol. The van der Waals surface area contributed by atoms with Gasteiger partial charge in [0, 0.05) is 23.2 Å². The average molecular weight is 410 g/mol. The van der Waals surface area contributed by atoms with Gasteiger partial charge in [0.15, 0.2) is 0 Å². The van der Waals surface area contributed by atoms with Gasteiger partial charge in [-0.15, -0.1) is 0 Å². The van der Waals surface area contributed by atoms with E-state index < -0.39 is 0 Å². The third-order valence-electron chi connectivity index (χ3n) is 5.08. The Morgan fingerprint density at radius 1 is 1.21 bits per heavy atom. The molecule has 1 heterocycles. The highest BCUT2D eigenvalue weighted by Gasteiger charge is 2.35. The van der Waals surface area contributed by atoms with Gasteiger partial charge in [-0.2, -0.15) is 0 Å². The van der Waals surface area contributed by atoms with Crippen LogP contribution in [0, 0.1) is 0 Å². The van der Waals surface area contributed by atoms with Gasteiger partial charge in [0.2, 0.25) is 5.78 Å². The van der Waals surface area contributed by atoms with Crippen LogP contribution in [0.25, 0.3) is 11.4 Å². The van der Waals surface area contributed by atoms with Crippen LogP contribution in [-0.2, 0) is 6.54 Å². The van der Waals surface area contributed by atoms with Crippen LogP contribution in [0.2, 0.25) is 5.02 Å². The molecule has 0 unspecified atom stereocenters. The molecular weight excluding hydrogens is 390 g/mol. The lowest BCUT2D eigenvalue weighted by Crippen LogP contribution is -2.24. The topological polar surface area (TPSA) is 76.7 Å². The van der Waals surface area contributed by atoms with Crippen LogP contribution >= 0.6 is 11.6 Å². The molecule has 0 spiro atoms. The van der Waals surface area contributed by atoms with Gasteiger partial charge in [-0.3, -0.25) is 4.79 Å². The highest BCUT2D eigenvalue weighted by molar-refractivity contribution is 6.32. The predicted octanol–water partition coefficient (Wildman–Crippen LogP) is 4.78. The Labute approximate surface area is 173 Å². The second kappa shape index (κ2) is 7.72. The first-order valence-electron chi connectivity index (χ1n) is 9.41. The number of nitrogens with zero attached hydrogens (tertiary/aromatic N) is 3. The molecule has 0 saturated carbocycles. The molecule has 29 heavy (non-hydrogen) atoms. The number of rotatable bonds is 5. The molecule has 0 radical (unpaired) electrons. The summed E-state index contributed by atoms with van der Waals surface area (Å²) in [5.74, 6) is 1.04. The third kappa shape index (κ3) is 3.09. The number of carbonyl (C=O) groups excluding carboxylic acids is 1. The van der Waals surface area contributed by atoms with Gasteiger partial charge in [-0.1, -0.05) is 54.4 Å². The summed E-state index contributed by atoms with van der Waals surface area (Å²) >= 11 is 6.33. The number of ketones is 1. The van der Waals surface area contributed by atoms with Crippen molar-refractivity contribution in [3.8, 4) is 17.1 Å². The third-order valence-corrected chi connectivity index (χ3v) is 5.37. The summed E-state index contributed by atoms with van der Waals surface area (Å²) in [4.78, 5) is 18.0. The smallest absolute Gasteiger partial charge is 0.212 e. The van der Waals surface area contributed by atoms with Crippen LogP contribution in [0.15, 0.2) is 47.6 Å². The van der Waals surface area contributed by atoms with E-state index in [1.54, 1.807) is 43.5 Å². The molecule has 0 fully saturated rings. The maximum Gasteiger partial charge on any atom is 0.212 e. The van der Waals surface area contributed by atoms with E-state index in [1.807, 2.05) is 10.6 Å². The van der Waals surface area contributed by atoms with Crippen LogP contribution in [0.5, 0.6) is 5.75 Å². The molecule has 4 rings (SSSR count). The number of methoxy groups -OCH3 is 1. The summed E-state index contributed by atoms with van der Waals surface area (Å²) in [5.41, 5.74) is 2.96. The Hall–Kier alpha value is -3.12. The molecule has 6 nitrogen and oxygen atoms in total. The maximum absolute atomic E-state index is 13.3. The minimum atomic E-state index is -0.127. The predicted molar refractivity (Wildman–Crippen MR) is 111 cm³/mol. The summed E-state index contributed by atoms with van der Waals surface area (Å²) in [6.45, 7) is 2.70. The van der Waals surface area contributed by atoms with Crippen molar-refractivity contribution in [3.63, 3.8) is 0 Å². The minimum Gasteiger partial charge on any atom is -0.495 e. The van der Waals surface area contributed by atoms with E-state index in [0.717, 1.165) is 18.4 Å². The summed E-state index contributed by atoms with van der Waals surface area (Å²) in [5, 5.41) is 13.7. The van der Waals surface area contributed by atoms with Crippen LogP contribution in [-0.4, -0.2) is 33.4 Å². The summed E-state index contributed by atoms with van der Waals surface area (Å²) in [6, 6.07) is 12.5. The van der Waals surface area contributed by atoms with Crippen molar-refractivity contribution in [1.82, 2.24) is 9.55 Å². The molecule has 1 aromatic heterocycles. The van der Waals surface area contributed by atoms with Crippen molar-refractivity contribution in [1.29, 1.82) is 0 Å². The number of oxime groups is 1. The molecule has 0 bridgehead atoms. The number of imidazole rings is 1. The molecule has 1 N–H and O–H groups in total. The fraction of sp³-hybridized carbons (Fsp3) is 0.227. The minimum absolute atomic E-state index is 0.127. The van der Waals surface area contributed by atoms with Crippen LogP contribution in [0.1, 0.15) is 47.1 Å². The summed E-state index contributed by atoms with van der Waals surface area (Å²) in [7, 11) is 1.56. The lowest BCUT2D eigenvalue weighted by atomic mass is 9.89. The van der Waals surface area contributed by atoms with Gasteiger partial charge >= 0.3 is 0 Å². The molecule has 0 aliphatic heterocycles. The zero-order valence-corrected chi connectivity index (χ0v) is 16.9. The number of ether oxygens (including phenoxy) is 1. The molecule has 0 amide bonds. The van der Waals surface area contributed by atoms with Crippen molar-refractivity contribution in [2.75, 3.05) is 7.11 Å². The van der Waals surface area contributed by atoms with Gasteiger partial charge in [0.25, 0.3) is 0 Å². The van der Waals surface area contributed by atoms with Gasteiger partial charge in [-0.25, -0.2) is 4.98 Å². The number of carbonyl (C=O) groups is 1. The Morgan fingerprint density at radius 3 is 2.62 bits per heavy atom. The van der Waals surface area contributed by atoms with E-state index in [4.69, 9.17) is 21.3 Å². The average Bonchev–Trinajstić information content (AvgIpc) is 3.12. The molecule has 0 saturated heterocycles. The number of aromatic nitrogens is 2. The van der Waals surface area contributed by atoms with E-state index in [-0.39, 0.29) is 5.78 Å². The Bertz CT molecular complexity index is 1130. The standard InChI is InChI=1S/C22H20ClN3O3/c1-3-4-11-26-20-19(18(25-28)14-7-5-6-8-15(14)21(20)27)24-22(26)13-9-10-17(29-2)16(23)12-13/h5-10,12,28H,3-4,11H2,1-2H3/b25-18+. The largest absolute Gasteiger partial charge is 0.495 e. The molecule has 0 atom stereocenters. The molecule has 3 aromatic rings. The van der Waals surface area contributed by atoms with Crippen LogP contribution < -0.4 is 4.74 Å². The fourth-order valence-corrected chi connectivity index (χ4v) is 3.91. The normalized spacial score (nSPS) is 14.0. The first kappa shape index (κ1) is 19.2. The van der Waals surface area contributed by atoms with E-state index >= 15 is 0 Å². The number of halogens is 1. The van der Waals surface area contributed by atoms with Gasteiger partial charge in [-0.05, 0) is 24.6 Å². The first-order chi connectivity index (χ1) is 14.1. The quantitative estimate of drug-likeness (QED) is 0.380. The van der Waals surface area contributed by atoms with Gasteiger partial charge in [0.05, 0.1) is 12.1 Å². The highest BCUT2D eigenvalue weighted by atomic mass is 35.5. The Kier molecular flexibility index (Phi) is 5.11. The maximum atomic E-state index is 13.3. The zero-order valence-electron chi connectivity index (χ0n) is 16.1. The van der Waals surface area contributed by atoms with Crippen LogP contribution in [0.3, 0.4) is 0 Å². The van der Waals surface area contributed by atoms with Crippen molar-refractivity contribution in [2.24, 2.45) is 5.16 Å². The SMILES string of the molecule is CCCCn1c(-c2ccc(OC)c(Cl)c2)nc2c1C(=O)c1ccccc1/C2=N\O. The number of hydrogen-bond acceptors (Lipinski definition) is 5. The van der Waals surface area contributed by atoms with Crippen molar-refractivity contribution in [2.45, 2.75) is 26.3 Å². The molecule has 1 aliphatic rings. The fourth-order valence-electron chi connectivity index (χ4n) is 3.65. The number of unbranched alkanes of at least 4 members (excludes halogenated alkanes) is 1. The Morgan fingerprint density at radius 2 is 1.97 bits per heavy atom. The first-order valence-corrected chi connectivity index (χ1v) is 9.79.